The van der Waals surface area contributed by atoms with Crippen molar-refractivity contribution in [3.63, 3.8) is 0 Å². The van der Waals surface area contributed by atoms with Crippen LogP contribution in [0.5, 0.6) is 5.75 Å². The minimum absolute atomic E-state index is 0.0487. The van der Waals surface area contributed by atoms with Gasteiger partial charge in [-0.15, -0.1) is 0 Å². The van der Waals surface area contributed by atoms with Crippen molar-refractivity contribution in [2.45, 2.75) is 13.0 Å². The highest BCUT2D eigenvalue weighted by Crippen LogP contribution is 2.19. The van der Waals surface area contributed by atoms with Gasteiger partial charge >= 0.3 is 0 Å². The molecule has 0 heterocycles. The molecular formula is C16H17BrN2O2. The van der Waals surface area contributed by atoms with E-state index in [2.05, 4.69) is 21.2 Å². The van der Waals surface area contributed by atoms with E-state index in [4.69, 9.17) is 10.5 Å². The number of hydrogen-bond donors (Lipinski definition) is 2. The molecule has 0 aliphatic carbocycles. The zero-order valence-corrected chi connectivity index (χ0v) is 13.1. The number of hydrogen-bond acceptors (Lipinski definition) is 3. The van der Waals surface area contributed by atoms with Gasteiger partial charge < -0.3 is 15.8 Å². The quantitative estimate of drug-likeness (QED) is 0.788. The van der Waals surface area contributed by atoms with Crippen LogP contribution >= 0.6 is 15.9 Å². The molecule has 0 fully saturated rings. The fourth-order valence-corrected chi connectivity index (χ4v) is 2.02. The largest absolute Gasteiger partial charge is 0.491 e. The minimum Gasteiger partial charge on any atom is -0.491 e. The maximum Gasteiger partial charge on any atom is 0.223 e. The molecule has 110 valence electrons. The molecule has 0 radical (unpaired) electrons. The molecule has 0 atom stereocenters. The van der Waals surface area contributed by atoms with Crippen LogP contribution in [0, 0.1) is 0 Å². The third kappa shape index (κ3) is 5.11. The summed E-state index contributed by atoms with van der Waals surface area (Å²) < 4.78 is 6.50. The molecule has 0 aromatic heterocycles. The van der Waals surface area contributed by atoms with Crippen LogP contribution in [0.3, 0.4) is 0 Å². The van der Waals surface area contributed by atoms with E-state index in [1.807, 2.05) is 36.4 Å². The molecule has 0 saturated carbocycles. The second kappa shape index (κ2) is 7.69. The van der Waals surface area contributed by atoms with E-state index in [-0.39, 0.29) is 5.91 Å². The van der Waals surface area contributed by atoms with Gasteiger partial charge in [0.25, 0.3) is 0 Å². The molecule has 0 aliphatic rings. The average Bonchev–Trinajstić information content (AvgIpc) is 2.49. The number of anilines is 1. The third-order valence-corrected chi connectivity index (χ3v) is 3.44. The zero-order chi connectivity index (χ0) is 15.1. The molecule has 0 bridgehead atoms. The highest BCUT2D eigenvalue weighted by atomic mass is 79.9. The molecular weight excluding hydrogens is 332 g/mol. The number of rotatable bonds is 6. The lowest BCUT2D eigenvalue weighted by molar-refractivity contribution is -0.121. The molecule has 3 N–H and O–H groups in total. The van der Waals surface area contributed by atoms with E-state index >= 15 is 0 Å². The van der Waals surface area contributed by atoms with Gasteiger partial charge in [0.05, 0.1) is 18.7 Å². The van der Waals surface area contributed by atoms with Crippen molar-refractivity contribution in [1.82, 2.24) is 5.32 Å². The SMILES string of the molecule is Nc1ccccc1OCCC(=O)NCc1ccc(Br)cc1. The molecule has 2 rings (SSSR count). The van der Waals surface area contributed by atoms with Crippen molar-refractivity contribution in [3.8, 4) is 5.75 Å². The molecule has 2 aromatic carbocycles. The van der Waals surface area contributed by atoms with Crippen molar-refractivity contribution in [2.24, 2.45) is 0 Å². The standard InChI is InChI=1S/C16H17BrN2O2/c17-13-7-5-12(6-8-13)11-19-16(20)9-10-21-15-4-2-1-3-14(15)18/h1-8H,9-11,18H2,(H,19,20). The number of nitrogen functional groups attached to an aromatic ring is 1. The fourth-order valence-electron chi connectivity index (χ4n) is 1.76. The van der Waals surface area contributed by atoms with Crippen molar-refractivity contribution in [1.29, 1.82) is 0 Å². The van der Waals surface area contributed by atoms with Gasteiger partial charge in [-0.1, -0.05) is 40.2 Å². The normalized spacial score (nSPS) is 10.1. The molecule has 1 amide bonds. The number of nitrogens with one attached hydrogen (secondary N) is 1. The Morgan fingerprint density at radius 2 is 1.86 bits per heavy atom. The monoisotopic (exact) mass is 348 g/mol. The molecule has 21 heavy (non-hydrogen) atoms. The lowest BCUT2D eigenvalue weighted by Gasteiger charge is -2.09. The maximum atomic E-state index is 11.7. The summed E-state index contributed by atoms with van der Waals surface area (Å²) in [5.74, 6) is 0.561. The van der Waals surface area contributed by atoms with Gasteiger partial charge in [0.2, 0.25) is 5.91 Å². The molecule has 5 heteroatoms. The first-order valence-electron chi connectivity index (χ1n) is 6.63. The van der Waals surface area contributed by atoms with E-state index in [1.165, 1.54) is 0 Å². The maximum absolute atomic E-state index is 11.7. The average molecular weight is 349 g/mol. The first-order valence-corrected chi connectivity index (χ1v) is 7.43. The summed E-state index contributed by atoms with van der Waals surface area (Å²) in [6.45, 7) is 0.819. The zero-order valence-electron chi connectivity index (χ0n) is 11.5. The summed E-state index contributed by atoms with van der Waals surface area (Å²) in [5.41, 5.74) is 7.39. The van der Waals surface area contributed by atoms with Crippen molar-refractivity contribution < 1.29 is 9.53 Å². The number of carbonyl (C=O) groups excluding carboxylic acids is 1. The van der Waals surface area contributed by atoms with Crippen molar-refractivity contribution in [2.75, 3.05) is 12.3 Å². The summed E-state index contributed by atoms with van der Waals surface area (Å²) in [7, 11) is 0. The molecule has 0 spiro atoms. The number of halogens is 1. The van der Waals surface area contributed by atoms with Crippen LogP contribution in [0.1, 0.15) is 12.0 Å². The van der Waals surface area contributed by atoms with Crippen LogP contribution in [0.25, 0.3) is 0 Å². The highest BCUT2D eigenvalue weighted by molar-refractivity contribution is 9.10. The van der Waals surface area contributed by atoms with Crippen LogP contribution in [0.4, 0.5) is 5.69 Å². The minimum atomic E-state index is -0.0487. The predicted molar refractivity (Wildman–Crippen MR) is 87.0 cm³/mol. The summed E-state index contributed by atoms with van der Waals surface area (Å²) in [6.07, 6.45) is 0.296. The first-order chi connectivity index (χ1) is 10.1. The summed E-state index contributed by atoms with van der Waals surface area (Å²) >= 11 is 3.37. The second-order valence-corrected chi connectivity index (χ2v) is 5.46. The van der Waals surface area contributed by atoms with E-state index < -0.39 is 0 Å². The fraction of sp³-hybridized carbons (Fsp3) is 0.188. The Balaban J connectivity index is 1.70. The number of nitrogens with two attached hydrogens (primary N) is 1. The van der Waals surface area contributed by atoms with Crippen LogP contribution in [0.15, 0.2) is 53.0 Å². The van der Waals surface area contributed by atoms with Crippen molar-refractivity contribution >= 4 is 27.5 Å². The first kappa shape index (κ1) is 15.4. The van der Waals surface area contributed by atoms with Crippen LogP contribution in [-0.2, 0) is 11.3 Å². The van der Waals surface area contributed by atoms with Crippen LogP contribution in [0.2, 0.25) is 0 Å². The van der Waals surface area contributed by atoms with Crippen LogP contribution < -0.4 is 15.8 Å². The Labute approximate surface area is 132 Å². The molecule has 0 aliphatic heterocycles. The summed E-state index contributed by atoms with van der Waals surface area (Å²) in [5, 5.41) is 2.85. The lowest BCUT2D eigenvalue weighted by atomic mass is 10.2. The molecule has 0 unspecified atom stereocenters. The van der Waals surface area contributed by atoms with E-state index in [9.17, 15) is 4.79 Å². The van der Waals surface area contributed by atoms with Gasteiger partial charge in [0.1, 0.15) is 5.75 Å². The topological polar surface area (TPSA) is 64.3 Å². The molecule has 2 aromatic rings. The molecule has 0 saturated heterocycles. The number of benzene rings is 2. The Morgan fingerprint density at radius 1 is 1.14 bits per heavy atom. The summed E-state index contributed by atoms with van der Waals surface area (Å²) in [4.78, 5) is 11.7. The van der Waals surface area contributed by atoms with Gasteiger partial charge in [-0.2, -0.15) is 0 Å². The Bertz CT molecular complexity index is 599. The van der Waals surface area contributed by atoms with E-state index in [1.54, 1.807) is 12.1 Å². The molecule has 4 nitrogen and oxygen atoms in total. The van der Waals surface area contributed by atoms with Gasteiger partial charge in [0.15, 0.2) is 0 Å². The summed E-state index contributed by atoms with van der Waals surface area (Å²) in [6, 6.07) is 15.1. The van der Waals surface area contributed by atoms with Gasteiger partial charge in [-0.3, -0.25) is 4.79 Å². The predicted octanol–water partition coefficient (Wildman–Crippen LogP) is 3.12. The number of ether oxygens (including phenoxy) is 1. The van der Waals surface area contributed by atoms with Gasteiger partial charge in [-0.05, 0) is 29.8 Å². The van der Waals surface area contributed by atoms with Gasteiger partial charge in [0, 0.05) is 11.0 Å². The van der Waals surface area contributed by atoms with Crippen LogP contribution in [-0.4, -0.2) is 12.5 Å². The highest BCUT2D eigenvalue weighted by Gasteiger charge is 2.03. The Kier molecular flexibility index (Phi) is 5.63. The van der Waals surface area contributed by atoms with Crippen molar-refractivity contribution in [3.05, 3.63) is 58.6 Å². The number of carbonyl (C=O) groups is 1. The lowest BCUT2D eigenvalue weighted by Crippen LogP contribution is -2.24. The third-order valence-electron chi connectivity index (χ3n) is 2.91. The number of para-hydroxylation sites is 2. The second-order valence-electron chi connectivity index (χ2n) is 4.54. The van der Waals surface area contributed by atoms with E-state index in [0.29, 0.717) is 31.0 Å². The van der Waals surface area contributed by atoms with Gasteiger partial charge in [-0.25, -0.2) is 0 Å². The van der Waals surface area contributed by atoms with E-state index in [0.717, 1.165) is 10.0 Å². The smallest absolute Gasteiger partial charge is 0.223 e. The Morgan fingerprint density at radius 3 is 2.57 bits per heavy atom. The number of amides is 1. The Hall–Kier alpha value is -2.01.